The molecule has 78 valence electrons. The Hall–Kier alpha value is -0.940. The molecule has 0 aliphatic heterocycles. The van der Waals surface area contributed by atoms with Crippen LogP contribution in [0.4, 0.5) is 0 Å². The molecule has 1 atom stereocenters. The smallest absolute Gasteiger partial charge is 0.182 e. The van der Waals surface area contributed by atoms with Crippen molar-refractivity contribution < 1.29 is 0 Å². The summed E-state index contributed by atoms with van der Waals surface area (Å²) in [5.41, 5.74) is 0.893. The summed E-state index contributed by atoms with van der Waals surface area (Å²) in [6.07, 6.45) is 3.40. The number of nitrogens with zero attached hydrogens (tertiary/aromatic N) is 3. The minimum atomic E-state index is -0.174. The highest BCUT2D eigenvalue weighted by Gasteiger charge is 2.11. The van der Waals surface area contributed by atoms with Gasteiger partial charge in [0.1, 0.15) is 5.82 Å². The lowest BCUT2D eigenvalue weighted by atomic mass is 10.2. The molecule has 2 heterocycles. The summed E-state index contributed by atoms with van der Waals surface area (Å²) >= 11 is 9.28. The summed E-state index contributed by atoms with van der Waals surface area (Å²) in [6, 6.07) is 1.84. The van der Waals surface area contributed by atoms with Gasteiger partial charge in [0.15, 0.2) is 5.82 Å². The molecule has 15 heavy (non-hydrogen) atoms. The van der Waals surface area contributed by atoms with E-state index in [4.69, 9.17) is 11.6 Å². The SMILES string of the molecule is CC(Cl)c1nc(-c2ccncc2Br)n[nH]1. The molecule has 0 spiro atoms. The normalized spacial score (nSPS) is 12.7. The van der Waals surface area contributed by atoms with Gasteiger partial charge < -0.3 is 0 Å². The number of hydrogen-bond donors (Lipinski definition) is 1. The molecule has 2 aromatic heterocycles. The Labute approximate surface area is 100 Å². The van der Waals surface area contributed by atoms with Gasteiger partial charge in [-0.05, 0) is 28.9 Å². The summed E-state index contributed by atoms with van der Waals surface area (Å²) in [6.45, 7) is 1.84. The highest BCUT2D eigenvalue weighted by molar-refractivity contribution is 9.10. The van der Waals surface area contributed by atoms with Crippen LogP contribution in [0.5, 0.6) is 0 Å². The molecule has 0 saturated heterocycles. The van der Waals surface area contributed by atoms with Gasteiger partial charge in [-0.3, -0.25) is 10.1 Å². The molecular weight excluding hydrogens is 279 g/mol. The zero-order valence-corrected chi connectivity index (χ0v) is 10.2. The number of aromatic nitrogens is 4. The van der Waals surface area contributed by atoms with E-state index in [1.807, 2.05) is 13.0 Å². The average Bonchev–Trinajstić information content (AvgIpc) is 2.67. The van der Waals surface area contributed by atoms with E-state index in [0.29, 0.717) is 11.6 Å². The van der Waals surface area contributed by atoms with Gasteiger partial charge in [-0.15, -0.1) is 11.6 Å². The Kier molecular flexibility index (Phi) is 3.02. The largest absolute Gasteiger partial charge is 0.264 e. The van der Waals surface area contributed by atoms with Gasteiger partial charge in [-0.25, -0.2) is 4.98 Å². The van der Waals surface area contributed by atoms with Crippen LogP contribution in [0, 0.1) is 0 Å². The first kappa shape index (κ1) is 10.6. The lowest BCUT2D eigenvalue weighted by Crippen LogP contribution is -1.87. The molecule has 1 unspecified atom stereocenters. The Morgan fingerprint density at radius 3 is 2.93 bits per heavy atom. The molecule has 0 amide bonds. The number of H-pyrrole nitrogens is 1. The molecule has 2 rings (SSSR count). The molecule has 6 heteroatoms. The summed E-state index contributed by atoms with van der Waals surface area (Å²) in [5.74, 6) is 1.28. The number of rotatable bonds is 2. The summed E-state index contributed by atoms with van der Waals surface area (Å²) < 4.78 is 0.859. The number of alkyl halides is 1. The van der Waals surface area contributed by atoms with Crippen LogP contribution in [0.2, 0.25) is 0 Å². The van der Waals surface area contributed by atoms with E-state index in [-0.39, 0.29) is 5.38 Å². The number of aromatic amines is 1. The van der Waals surface area contributed by atoms with Crippen molar-refractivity contribution in [2.75, 3.05) is 0 Å². The van der Waals surface area contributed by atoms with E-state index in [2.05, 4.69) is 36.1 Å². The minimum Gasteiger partial charge on any atom is -0.264 e. The van der Waals surface area contributed by atoms with Crippen molar-refractivity contribution in [1.29, 1.82) is 0 Å². The molecule has 0 fully saturated rings. The van der Waals surface area contributed by atoms with E-state index in [9.17, 15) is 0 Å². The van der Waals surface area contributed by atoms with Gasteiger partial charge in [0.25, 0.3) is 0 Å². The van der Waals surface area contributed by atoms with E-state index < -0.39 is 0 Å². The summed E-state index contributed by atoms with van der Waals surface area (Å²) in [5, 5.41) is 6.71. The Morgan fingerprint density at radius 2 is 2.33 bits per heavy atom. The molecule has 0 aliphatic rings. The van der Waals surface area contributed by atoms with Crippen LogP contribution >= 0.6 is 27.5 Å². The third-order valence-electron chi connectivity index (χ3n) is 1.89. The fourth-order valence-electron chi connectivity index (χ4n) is 1.13. The van der Waals surface area contributed by atoms with E-state index in [0.717, 1.165) is 10.0 Å². The van der Waals surface area contributed by atoms with Gasteiger partial charge in [0, 0.05) is 22.4 Å². The number of pyridine rings is 1. The third-order valence-corrected chi connectivity index (χ3v) is 2.73. The van der Waals surface area contributed by atoms with Crippen molar-refractivity contribution in [3.8, 4) is 11.4 Å². The van der Waals surface area contributed by atoms with Gasteiger partial charge in [-0.1, -0.05) is 0 Å². The van der Waals surface area contributed by atoms with E-state index in [1.165, 1.54) is 0 Å². The Bertz CT molecular complexity index is 469. The second-order valence-corrected chi connectivity index (χ2v) is 4.52. The minimum absolute atomic E-state index is 0.174. The summed E-state index contributed by atoms with van der Waals surface area (Å²) in [7, 11) is 0. The molecule has 0 bridgehead atoms. The van der Waals surface area contributed by atoms with Crippen molar-refractivity contribution in [1.82, 2.24) is 20.2 Å². The maximum absolute atomic E-state index is 5.89. The first-order valence-electron chi connectivity index (χ1n) is 4.34. The molecular formula is C9H8BrClN4. The fourth-order valence-corrected chi connectivity index (χ4v) is 1.65. The first-order chi connectivity index (χ1) is 7.18. The lowest BCUT2D eigenvalue weighted by Gasteiger charge is -1.97. The number of nitrogens with one attached hydrogen (secondary N) is 1. The van der Waals surface area contributed by atoms with Gasteiger partial charge in [0.05, 0.1) is 5.38 Å². The van der Waals surface area contributed by atoms with Crippen LogP contribution in [0.3, 0.4) is 0 Å². The predicted molar refractivity (Wildman–Crippen MR) is 61.6 cm³/mol. The highest BCUT2D eigenvalue weighted by atomic mass is 79.9. The zero-order valence-electron chi connectivity index (χ0n) is 7.91. The molecule has 4 nitrogen and oxygen atoms in total. The van der Waals surface area contributed by atoms with Crippen molar-refractivity contribution >= 4 is 27.5 Å². The highest BCUT2D eigenvalue weighted by Crippen LogP contribution is 2.25. The van der Waals surface area contributed by atoms with Crippen LogP contribution in [-0.4, -0.2) is 20.2 Å². The second kappa shape index (κ2) is 4.28. The quantitative estimate of drug-likeness (QED) is 0.864. The molecule has 0 radical (unpaired) electrons. The predicted octanol–water partition coefficient (Wildman–Crippen LogP) is 2.93. The van der Waals surface area contributed by atoms with Crippen molar-refractivity contribution in [2.45, 2.75) is 12.3 Å². The van der Waals surface area contributed by atoms with E-state index in [1.54, 1.807) is 12.4 Å². The maximum Gasteiger partial charge on any atom is 0.182 e. The maximum atomic E-state index is 5.89. The number of hydrogen-bond acceptors (Lipinski definition) is 3. The van der Waals surface area contributed by atoms with Gasteiger partial charge in [-0.2, -0.15) is 5.10 Å². The lowest BCUT2D eigenvalue weighted by molar-refractivity contribution is 0.918. The standard InChI is InChI=1S/C9H8BrClN4/c1-5(11)8-13-9(15-14-8)6-2-3-12-4-7(6)10/h2-5H,1H3,(H,13,14,15). The fraction of sp³-hybridized carbons (Fsp3) is 0.222. The van der Waals surface area contributed by atoms with Crippen molar-refractivity contribution in [2.24, 2.45) is 0 Å². The Morgan fingerprint density at radius 1 is 1.53 bits per heavy atom. The second-order valence-electron chi connectivity index (χ2n) is 3.02. The first-order valence-corrected chi connectivity index (χ1v) is 5.57. The molecule has 0 aromatic carbocycles. The van der Waals surface area contributed by atoms with Gasteiger partial charge >= 0.3 is 0 Å². The van der Waals surface area contributed by atoms with Gasteiger partial charge in [0.2, 0.25) is 0 Å². The van der Waals surface area contributed by atoms with Crippen LogP contribution in [0.1, 0.15) is 18.1 Å². The molecule has 2 aromatic rings. The van der Waals surface area contributed by atoms with Crippen molar-refractivity contribution in [3.63, 3.8) is 0 Å². The van der Waals surface area contributed by atoms with Crippen molar-refractivity contribution in [3.05, 3.63) is 28.8 Å². The van der Waals surface area contributed by atoms with Crippen LogP contribution in [-0.2, 0) is 0 Å². The van der Waals surface area contributed by atoms with Crippen LogP contribution in [0.25, 0.3) is 11.4 Å². The monoisotopic (exact) mass is 286 g/mol. The average molecular weight is 288 g/mol. The Balaban J connectivity index is 2.42. The molecule has 0 aliphatic carbocycles. The van der Waals surface area contributed by atoms with E-state index >= 15 is 0 Å². The summed E-state index contributed by atoms with van der Waals surface area (Å²) in [4.78, 5) is 8.26. The third kappa shape index (κ3) is 2.18. The van der Waals surface area contributed by atoms with Crippen LogP contribution < -0.4 is 0 Å². The molecule has 1 N–H and O–H groups in total. The topological polar surface area (TPSA) is 54.5 Å². The molecule has 0 saturated carbocycles. The zero-order chi connectivity index (χ0) is 10.8. The number of halogens is 2. The van der Waals surface area contributed by atoms with Crippen LogP contribution in [0.15, 0.2) is 22.9 Å².